The van der Waals surface area contributed by atoms with Gasteiger partial charge >= 0.3 is 18.0 Å². The van der Waals surface area contributed by atoms with E-state index < -0.39 is 23.6 Å². The van der Waals surface area contributed by atoms with Crippen molar-refractivity contribution in [3.8, 4) is 0 Å². The number of hydrogen-bond acceptors (Lipinski definition) is 2. The standard InChI is InChI=1S/C15H10BrF3N2O2/c16-10-4-2-6-12(8-10)21-14(23)13(22)20-11-5-1-3-9(7-11)15(17,18)19/h1-8H,(H,20,22)(H,21,23). The molecule has 0 aliphatic heterocycles. The summed E-state index contributed by atoms with van der Waals surface area (Å²) in [6.45, 7) is 0. The summed E-state index contributed by atoms with van der Waals surface area (Å²) < 4.78 is 38.5. The molecule has 0 aliphatic rings. The first kappa shape index (κ1) is 17.0. The van der Waals surface area contributed by atoms with Crippen molar-refractivity contribution in [1.82, 2.24) is 0 Å². The third-order valence-corrected chi connectivity index (χ3v) is 3.23. The number of halogens is 4. The van der Waals surface area contributed by atoms with Gasteiger partial charge in [0.05, 0.1) is 5.56 Å². The molecule has 2 aromatic carbocycles. The van der Waals surface area contributed by atoms with Crippen molar-refractivity contribution in [2.45, 2.75) is 6.18 Å². The summed E-state index contributed by atoms with van der Waals surface area (Å²) in [5.74, 6) is -2.05. The average Bonchev–Trinajstić information content (AvgIpc) is 2.46. The van der Waals surface area contributed by atoms with Gasteiger partial charge in [-0.1, -0.05) is 28.1 Å². The first-order chi connectivity index (χ1) is 10.8. The number of benzene rings is 2. The van der Waals surface area contributed by atoms with Crippen molar-refractivity contribution < 1.29 is 22.8 Å². The van der Waals surface area contributed by atoms with Crippen LogP contribution in [0.3, 0.4) is 0 Å². The SMILES string of the molecule is O=C(Nc1cccc(Br)c1)C(=O)Nc1cccc(C(F)(F)F)c1. The van der Waals surface area contributed by atoms with E-state index in [0.717, 1.165) is 18.2 Å². The van der Waals surface area contributed by atoms with Crippen LogP contribution in [0.2, 0.25) is 0 Å². The molecule has 0 bridgehead atoms. The minimum atomic E-state index is -4.53. The predicted molar refractivity (Wildman–Crippen MR) is 82.8 cm³/mol. The summed E-state index contributed by atoms with van der Waals surface area (Å²) in [6.07, 6.45) is -4.53. The smallest absolute Gasteiger partial charge is 0.318 e. The first-order valence-electron chi connectivity index (χ1n) is 6.31. The molecule has 0 radical (unpaired) electrons. The maximum absolute atomic E-state index is 12.6. The maximum Gasteiger partial charge on any atom is 0.416 e. The van der Waals surface area contributed by atoms with Crippen LogP contribution in [0.1, 0.15) is 5.56 Å². The van der Waals surface area contributed by atoms with Gasteiger partial charge in [0.1, 0.15) is 0 Å². The summed E-state index contributed by atoms with van der Waals surface area (Å²) >= 11 is 3.21. The Kier molecular flexibility index (Phi) is 5.05. The molecule has 4 nitrogen and oxygen atoms in total. The van der Waals surface area contributed by atoms with Crippen molar-refractivity contribution >= 4 is 39.1 Å². The topological polar surface area (TPSA) is 58.2 Å². The Labute approximate surface area is 137 Å². The molecule has 0 saturated carbocycles. The molecule has 2 amide bonds. The van der Waals surface area contributed by atoms with Crippen molar-refractivity contribution in [3.63, 3.8) is 0 Å². The van der Waals surface area contributed by atoms with Crippen molar-refractivity contribution in [2.24, 2.45) is 0 Å². The highest BCUT2D eigenvalue weighted by atomic mass is 79.9. The molecule has 0 unspecified atom stereocenters. The van der Waals surface area contributed by atoms with Gasteiger partial charge in [0.2, 0.25) is 0 Å². The number of anilines is 2. The second-order valence-electron chi connectivity index (χ2n) is 4.50. The Morgan fingerprint density at radius 2 is 1.39 bits per heavy atom. The van der Waals surface area contributed by atoms with E-state index in [4.69, 9.17) is 0 Å². The Morgan fingerprint density at radius 1 is 0.870 bits per heavy atom. The summed E-state index contributed by atoms with van der Waals surface area (Å²) in [5, 5.41) is 4.47. The third kappa shape index (κ3) is 4.82. The van der Waals surface area contributed by atoms with Crippen molar-refractivity contribution in [2.75, 3.05) is 10.6 Å². The van der Waals surface area contributed by atoms with Crippen molar-refractivity contribution in [1.29, 1.82) is 0 Å². The highest BCUT2D eigenvalue weighted by Crippen LogP contribution is 2.30. The lowest BCUT2D eigenvalue weighted by molar-refractivity contribution is -0.137. The highest BCUT2D eigenvalue weighted by molar-refractivity contribution is 9.10. The number of nitrogens with one attached hydrogen (secondary N) is 2. The molecule has 8 heteroatoms. The number of carbonyl (C=O) groups is 2. The van der Waals surface area contributed by atoms with Crippen LogP contribution < -0.4 is 10.6 Å². The fourth-order valence-corrected chi connectivity index (χ4v) is 2.11. The molecule has 0 saturated heterocycles. The minimum absolute atomic E-state index is 0.116. The average molecular weight is 387 g/mol. The van der Waals surface area contributed by atoms with Gasteiger partial charge in [0.15, 0.2) is 0 Å². The number of rotatable bonds is 2. The largest absolute Gasteiger partial charge is 0.416 e. The molecule has 23 heavy (non-hydrogen) atoms. The monoisotopic (exact) mass is 386 g/mol. The van der Waals surface area contributed by atoms with E-state index in [2.05, 4.69) is 26.6 Å². The zero-order valence-corrected chi connectivity index (χ0v) is 13.0. The Hall–Kier alpha value is -2.35. The quantitative estimate of drug-likeness (QED) is 0.765. The predicted octanol–water partition coefficient (Wildman–Crippen LogP) is 4.05. The number of alkyl halides is 3. The molecule has 0 fully saturated rings. The lowest BCUT2D eigenvalue weighted by atomic mass is 10.2. The third-order valence-electron chi connectivity index (χ3n) is 2.74. The molecule has 0 aromatic heterocycles. The van der Waals surface area contributed by atoms with Crippen LogP contribution in [-0.2, 0) is 15.8 Å². The zero-order chi connectivity index (χ0) is 17.0. The Balaban J connectivity index is 2.05. The molecule has 0 aliphatic carbocycles. The van der Waals surface area contributed by atoms with E-state index in [1.807, 2.05) is 0 Å². The minimum Gasteiger partial charge on any atom is -0.318 e. The van der Waals surface area contributed by atoms with Gasteiger partial charge in [-0.3, -0.25) is 9.59 Å². The van der Waals surface area contributed by atoms with Crippen LogP contribution in [0.15, 0.2) is 53.0 Å². The first-order valence-corrected chi connectivity index (χ1v) is 7.10. The zero-order valence-electron chi connectivity index (χ0n) is 11.4. The molecule has 0 spiro atoms. The lowest BCUT2D eigenvalue weighted by Gasteiger charge is -2.10. The second kappa shape index (κ2) is 6.82. The van der Waals surface area contributed by atoms with Crippen LogP contribution >= 0.6 is 15.9 Å². The number of hydrogen-bond donors (Lipinski definition) is 2. The van der Waals surface area contributed by atoms with E-state index in [9.17, 15) is 22.8 Å². The summed E-state index contributed by atoms with van der Waals surface area (Å²) in [5.41, 5.74) is -0.652. The van der Waals surface area contributed by atoms with Gasteiger partial charge in [-0.2, -0.15) is 13.2 Å². The van der Waals surface area contributed by atoms with E-state index in [1.165, 1.54) is 6.07 Å². The summed E-state index contributed by atoms with van der Waals surface area (Å²) in [7, 11) is 0. The molecule has 2 aromatic rings. The molecular weight excluding hydrogens is 377 g/mol. The molecule has 2 rings (SSSR count). The van der Waals surface area contributed by atoms with E-state index in [-0.39, 0.29) is 5.69 Å². The van der Waals surface area contributed by atoms with Crippen LogP contribution in [0.4, 0.5) is 24.5 Å². The molecule has 120 valence electrons. The van der Waals surface area contributed by atoms with Gasteiger partial charge < -0.3 is 10.6 Å². The fourth-order valence-electron chi connectivity index (χ4n) is 1.72. The van der Waals surface area contributed by atoms with E-state index in [1.54, 1.807) is 24.3 Å². The van der Waals surface area contributed by atoms with Crippen LogP contribution in [0.25, 0.3) is 0 Å². The van der Waals surface area contributed by atoms with Crippen molar-refractivity contribution in [3.05, 3.63) is 58.6 Å². The highest BCUT2D eigenvalue weighted by Gasteiger charge is 2.30. The van der Waals surface area contributed by atoms with Gasteiger partial charge in [-0.15, -0.1) is 0 Å². The van der Waals surface area contributed by atoms with Crippen LogP contribution in [0, 0.1) is 0 Å². The Bertz CT molecular complexity index is 747. The van der Waals surface area contributed by atoms with E-state index >= 15 is 0 Å². The molecule has 2 N–H and O–H groups in total. The normalized spacial score (nSPS) is 11.0. The maximum atomic E-state index is 12.6. The molecule has 0 heterocycles. The molecule has 0 atom stereocenters. The van der Waals surface area contributed by atoms with E-state index in [0.29, 0.717) is 10.2 Å². The lowest BCUT2D eigenvalue weighted by Crippen LogP contribution is -2.29. The number of carbonyl (C=O) groups excluding carboxylic acids is 2. The van der Waals surface area contributed by atoms with Gasteiger partial charge in [-0.05, 0) is 36.4 Å². The summed E-state index contributed by atoms with van der Waals surface area (Å²) in [6, 6.07) is 10.6. The Morgan fingerprint density at radius 3 is 1.91 bits per heavy atom. The van der Waals surface area contributed by atoms with Crippen LogP contribution in [-0.4, -0.2) is 11.8 Å². The molecular formula is C15H10BrF3N2O2. The van der Waals surface area contributed by atoms with Gasteiger partial charge in [-0.25, -0.2) is 0 Å². The van der Waals surface area contributed by atoms with Crippen LogP contribution in [0.5, 0.6) is 0 Å². The summed E-state index contributed by atoms with van der Waals surface area (Å²) in [4.78, 5) is 23.5. The van der Waals surface area contributed by atoms with Gasteiger partial charge in [0.25, 0.3) is 0 Å². The van der Waals surface area contributed by atoms with Gasteiger partial charge in [0, 0.05) is 15.8 Å². The second-order valence-corrected chi connectivity index (χ2v) is 5.41. The fraction of sp³-hybridized carbons (Fsp3) is 0.0667. The number of amides is 2.